The van der Waals surface area contributed by atoms with E-state index in [2.05, 4.69) is 29.3 Å². The predicted molar refractivity (Wildman–Crippen MR) is 112 cm³/mol. The van der Waals surface area contributed by atoms with Gasteiger partial charge in [-0.15, -0.1) is 0 Å². The summed E-state index contributed by atoms with van der Waals surface area (Å²) >= 11 is 0. The van der Waals surface area contributed by atoms with Crippen LogP contribution in [0.15, 0.2) is 29.3 Å². The Hall–Kier alpha value is -1.64. The Labute approximate surface area is 168 Å². The van der Waals surface area contributed by atoms with Crippen LogP contribution in [0.5, 0.6) is 0 Å². The number of nitrogens with one attached hydrogen (secondary N) is 1. The summed E-state index contributed by atoms with van der Waals surface area (Å²) in [4.78, 5) is 7.03. The lowest BCUT2D eigenvalue weighted by atomic mass is 10.0. The molecule has 2 aliphatic rings. The molecule has 156 valence electrons. The highest BCUT2D eigenvalue weighted by molar-refractivity contribution is 7.88. The summed E-state index contributed by atoms with van der Waals surface area (Å²) < 4.78 is 31.6. The van der Waals surface area contributed by atoms with E-state index in [9.17, 15) is 8.42 Å². The molecule has 2 aliphatic heterocycles. The number of ether oxygens (including phenoxy) is 1. The number of benzene rings is 1. The Morgan fingerprint density at radius 1 is 1.32 bits per heavy atom. The van der Waals surface area contributed by atoms with Crippen molar-refractivity contribution in [3.05, 3.63) is 35.4 Å². The first-order valence-corrected chi connectivity index (χ1v) is 11.9. The Morgan fingerprint density at radius 3 is 2.82 bits per heavy atom. The van der Waals surface area contributed by atoms with Crippen LogP contribution >= 0.6 is 0 Å². The van der Waals surface area contributed by atoms with Crippen molar-refractivity contribution in [2.24, 2.45) is 4.99 Å². The zero-order valence-corrected chi connectivity index (χ0v) is 17.9. The number of guanidine groups is 1. The van der Waals surface area contributed by atoms with Gasteiger partial charge in [-0.1, -0.05) is 24.3 Å². The van der Waals surface area contributed by atoms with Crippen LogP contribution in [0.3, 0.4) is 0 Å². The first kappa shape index (κ1) is 21.1. The molecule has 1 unspecified atom stereocenters. The fourth-order valence-electron chi connectivity index (χ4n) is 4.02. The molecule has 2 atom stereocenters. The lowest BCUT2D eigenvalue weighted by Gasteiger charge is -2.36. The zero-order chi connectivity index (χ0) is 20.1. The van der Waals surface area contributed by atoms with Crippen LogP contribution in [0, 0.1) is 6.92 Å². The van der Waals surface area contributed by atoms with Gasteiger partial charge < -0.3 is 15.0 Å². The third kappa shape index (κ3) is 5.04. The summed E-state index contributed by atoms with van der Waals surface area (Å²) in [7, 11) is -3.18. The number of morpholine rings is 1. The van der Waals surface area contributed by atoms with Crippen molar-refractivity contribution >= 4 is 16.0 Å². The molecule has 8 heteroatoms. The van der Waals surface area contributed by atoms with E-state index < -0.39 is 10.0 Å². The van der Waals surface area contributed by atoms with Gasteiger partial charge in [-0.2, -0.15) is 4.31 Å². The summed E-state index contributed by atoms with van der Waals surface area (Å²) in [5, 5.41) is 3.37. The van der Waals surface area contributed by atoms with Crippen LogP contribution in [0.4, 0.5) is 0 Å². The van der Waals surface area contributed by atoms with E-state index in [1.807, 2.05) is 19.1 Å². The van der Waals surface area contributed by atoms with Crippen LogP contribution in [0.2, 0.25) is 0 Å². The maximum atomic E-state index is 12.0. The molecule has 1 aromatic carbocycles. The molecule has 2 saturated heterocycles. The van der Waals surface area contributed by atoms with Gasteiger partial charge in [0.25, 0.3) is 0 Å². The molecular weight excluding hydrogens is 376 g/mol. The number of aryl methyl sites for hydroxylation is 1. The van der Waals surface area contributed by atoms with Gasteiger partial charge >= 0.3 is 0 Å². The summed E-state index contributed by atoms with van der Waals surface area (Å²) in [5.41, 5.74) is 2.44. The first-order valence-electron chi connectivity index (χ1n) is 10.1. The Kier molecular flexibility index (Phi) is 6.95. The molecule has 3 rings (SSSR count). The first-order chi connectivity index (χ1) is 13.4. The van der Waals surface area contributed by atoms with Crippen molar-refractivity contribution in [2.75, 3.05) is 45.6 Å². The normalized spacial score (nSPS) is 24.5. The van der Waals surface area contributed by atoms with Crippen LogP contribution in [0.25, 0.3) is 0 Å². The molecular formula is C20H32N4O3S. The van der Waals surface area contributed by atoms with Crippen molar-refractivity contribution in [1.82, 2.24) is 14.5 Å². The minimum Gasteiger partial charge on any atom is -0.370 e. The van der Waals surface area contributed by atoms with Gasteiger partial charge in [-0.05, 0) is 37.8 Å². The number of rotatable bonds is 5. The summed E-state index contributed by atoms with van der Waals surface area (Å²) in [5.74, 6) is 0.838. The summed E-state index contributed by atoms with van der Waals surface area (Å²) in [6, 6.07) is 8.27. The van der Waals surface area contributed by atoms with Crippen molar-refractivity contribution in [2.45, 2.75) is 38.8 Å². The molecule has 0 aliphatic carbocycles. The molecule has 0 radical (unpaired) electrons. The molecule has 0 spiro atoms. The number of nitrogens with zero attached hydrogens (tertiary/aromatic N) is 3. The molecule has 7 nitrogen and oxygen atoms in total. The van der Waals surface area contributed by atoms with Crippen molar-refractivity contribution in [1.29, 1.82) is 0 Å². The smallest absolute Gasteiger partial charge is 0.211 e. The SMILES string of the molecule is CCNC(=NC[C@H]1CCCN1S(C)(=O)=O)N1CCOC(c2ccccc2C)C1. The van der Waals surface area contributed by atoms with E-state index in [-0.39, 0.29) is 12.1 Å². The number of sulfonamides is 1. The topological polar surface area (TPSA) is 74.2 Å². The number of aliphatic imine (C=N–C) groups is 1. The monoisotopic (exact) mass is 408 g/mol. The minimum absolute atomic E-state index is 0.0119. The van der Waals surface area contributed by atoms with Gasteiger partial charge in [0.1, 0.15) is 6.10 Å². The molecule has 1 aromatic rings. The average molecular weight is 409 g/mol. The van der Waals surface area contributed by atoms with E-state index in [4.69, 9.17) is 9.73 Å². The second kappa shape index (κ2) is 9.24. The van der Waals surface area contributed by atoms with E-state index in [0.29, 0.717) is 19.7 Å². The van der Waals surface area contributed by atoms with Crippen LogP contribution < -0.4 is 5.32 Å². The minimum atomic E-state index is -3.18. The summed E-state index contributed by atoms with van der Waals surface area (Å²) in [6.45, 7) is 8.16. The van der Waals surface area contributed by atoms with Crippen LogP contribution in [-0.4, -0.2) is 75.2 Å². The third-order valence-corrected chi connectivity index (χ3v) is 6.77. The van der Waals surface area contributed by atoms with Crippen LogP contribution in [0.1, 0.15) is 37.0 Å². The molecule has 0 aromatic heterocycles. The van der Waals surface area contributed by atoms with Crippen LogP contribution in [-0.2, 0) is 14.8 Å². The van der Waals surface area contributed by atoms with E-state index in [1.54, 1.807) is 4.31 Å². The number of hydrogen-bond donors (Lipinski definition) is 1. The Balaban J connectivity index is 1.72. The van der Waals surface area contributed by atoms with Crippen molar-refractivity contribution in [3.63, 3.8) is 0 Å². The van der Waals surface area contributed by atoms with Gasteiger partial charge in [-0.25, -0.2) is 8.42 Å². The lowest BCUT2D eigenvalue weighted by Crippen LogP contribution is -2.48. The maximum absolute atomic E-state index is 12.0. The molecule has 2 heterocycles. The van der Waals surface area contributed by atoms with Gasteiger partial charge in [0.15, 0.2) is 5.96 Å². The molecule has 0 bridgehead atoms. The molecule has 2 fully saturated rings. The Morgan fingerprint density at radius 2 is 2.11 bits per heavy atom. The quantitative estimate of drug-likeness (QED) is 0.594. The predicted octanol–water partition coefficient (Wildman–Crippen LogP) is 1.76. The summed E-state index contributed by atoms with van der Waals surface area (Å²) in [6.07, 6.45) is 3.06. The van der Waals surface area contributed by atoms with Crippen molar-refractivity contribution in [3.8, 4) is 0 Å². The average Bonchev–Trinajstić information content (AvgIpc) is 3.15. The largest absolute Gasteiger partial charge is 0.370 e. The number of hydrogen-bond acceptors (Lipinski definition) is 4. The second-order valence-electron chi connectivity index (χ2n) is 7.53. The fourth-order valence-corrected chi connectivity index (χ4v) is 5.20. The third-order valence-electron chi connectivity index (χ3n) is 5.44. The maximum Gasteiger partial charge on any atom is 0.211 e. The van der Waals surface area contributed by atoms with Gasteiger partial charge in [0.05, 0.1) is 26.0 Å². The van der Waals surface area contributed by atoms with Gasteiger partial charge in [-0.3, -0.25) is 4.99 Å². The molecule has 0 amide bonds. The highest BCUT2D eigenvalue weighted by Gasteiger charge is 2.31. The molecule has 0 saturated carbocycles. The van der Waals surface area contributed by atoms with E-state index in [0.717, 1.165) is 38.4 Å². The van der Waals surface area contributed by atoms with E-state index in [1.165, 1.54) is 17.4 Å². The molecule has 1 N–H and O–H groups in total. The highest BCUT2D eigenvalue weighted by Crippen LogP contribution is 2.25. The van der Waals surface area contributed by atoms with Crippen molar-refractivity contribution < 1.29 is 13.2 Å². The second-order valence-corrected chi connectivity index (χ2v) is 9.46. The standard InChI is InChI=1S/C20H32N4O3S/c1-4-21-20(22-14-17-9-7-11-24(17)28(3,25)26)23-12-13-27-19(15-23)18-10-6-5-8-16(18)2/h5-6,8,10,17,19H,4,7,9,11-15H2,1-3H3,(H,21,22)/t17-,19?/m1/s1. The molecule has 28 heavy (non-hydrogen) atoms. The zero-order valence-electron chi connectivity index (χ0n) is 17.1. The fraction of sp³-hybridized carbons (Fsp3) is 0.650. The van der Waals surface area contributed by atoms with E-state index >= 15 is 0 Å². The highest BCUT2D eigenvalue weighted by atomic mass is 32.2. The Bertz CT molecular complexity index is 796. The van der Waals surface area contributed by atoms with Gasteiger partial charge in [0.2, 0.25) is 10.0 Å². The lowest BCUT2D eigenvalue weighted by molar-refractivity contribution is -0.00834. The van der Waals surface area contributed by atoms with Gasteiger partial charge in [0, 0.05) is 25.7 Å².